The number of carbonyl (C=O) groups is 2. The summed E-state index contributed by atoms with van der Waals surface area (Å²) < 4.78 is 0. The first-order valence-electron chi connectivity index (χ1n) is 6.55. The zero-order valence-electron chi connectivity index (χ0n) is 11.9. The quantitative estimate of drug-likeness (QED) is 0.588. The molecule has 0 spiro atoms. The van der Waals surface area contributed by atoms with Gasteiger partial charge in [-0.3, -0.25) is 14.9 Å². The van der Waals surface area contributed by atoms with Crippen LogP contribution in [0.2, 0.25) is 0 Å². The predicted octanol–water partition coefficient (Wildman–Crippen LogP) is 1.75. The molecule has 7 nitrogen and oxygen atoms in total. The molecule has 2 N–H and O–H groups in total. The highest BCUT2D eigenvalue weighted by Crippen LogP contribution is 2.19. The van der Waals surface area contributed by atoms with Crippen LogP contribution >= 0.6 is 0 Å². The number of benzene rings is 1. The van der Waals surface area contributed by atoms with Gasteiger partial charge in [-0.05, 0) is 5.92 Å². The van der Waals surface area contributed by atoms with Crippen molar-refractivity contribution >= 4 is 17.6 Å². The Morgan fingerprint density at radius 1 is 1.33 bits per heavy atom. The van der Waals surface area contributed by atoms with Crippen LogP contribution < -0.4 is 5.32 Å². The molecule has 114 valence electrons. The molecule has 7 heteroatoms. The summed E-state index contributed by atoms with van der Waals surface area (Å²) in [5, 5.41) is 22.5. The number of carbonyl (C=O) groups excluding carboxylic acids is 1. The van der Waals surface area contributed by atoms with Gasteiger partial charge < -0.3 is 10.4 Å². The van der Waals surface area contributed by atoms with Gasteiger partial charge >= 0.3 is 5.97 Å². The summed E-state index contributed by atoms with van der Waals surface area (Å²) in [5.41, 5.74) is 0.126. The number of aliphatic carboxylic acids is 1. The fourth-order valence-electron chi connectivity index (χ4n) is 1.91. The molecular formula is C14H18N2O5. The number of rotatable bonds is 7. The third kappa shape index (κ3) is 5.21. The smallest absolute Gasteiger partial charge is 0.326 e. The lowest BCUT2D eigenvalue weighted by molar-refractivity contribution is -0.385. The topological polar surface area (TPSA) is 110 Å². The Balaban J connectivity index is 2.87. The van der Waals surface area contributed by atoms with Crippen molar-refractivity contribution in [2.45, 2.75) is 32.7 Å². The number of para-hydroxylation sites is 1. The van der Waals surface area contributed by atoms with Crippen molar-refractivity contribution in [3.8, 4) is 0 Å². The molecule has 0 radical (unpaired) electrons. The standard InChI is InChI=1S/C14H18N2O5/c1-9(2)7-13(17)15-11(14(18)19)8-10-5-3-4-6-12(10)16(20)21/h3-6,9,11H,7-8H2,1-2H3,(H,15,17)(H,18,19)/t11-/m1/s1. The van der Waals surface area contributed by atoms with Gasteiger partial charge in [-0.25, -0.2) is 4.79 Å². The number of carboxylic acid groups (broad SMARTS) is 1. The van der Waals surface area contributed by atoms with Crippen LogP contribution in [0.15, 0.2) is 24.3 Å². The number of nitro benzene ring substituents is 1. The Hall–Kier alpha value is -2.44. The van der Waals surface area contributed by atoms with Crippen LogP contribution in [-0.2, 0) is 16.0 Å². The molecular weight excluding hydrogens is 276 g/mol. The molecule has 0 saturated heterocycles. The average Bonchev–Trinajstić information content (AvgIpc) is 2.37. The normalized spacial score (nSPS) is 12.0. The monoisotopic (exact) mass is 294 g/mol. The maximum absolute atomic E-state index is 11.7. The van der Waals surface area contributed by atoms with Crippen LogP contribution in [0.4, 0.5) is 5.69 Å². The van der Waals surface area contributed by atoms with E-state index in [4.69, 9.17) is 5.11 Å². The van der Waals surface area contributed by atoms with Crippen LogP contribution in [0.3, 0.4) is 0 Å². The van der Waals surface area contributed by atoms with Gasteiger partial charge in [-0.1, -0.05) is 32.0 Å². The highest BCUT2D eigenvalue weighted by Gasteiger charge is 2.24. The number of nitro groups is 1. The van der Waals surface area contributed by atoms with Crippen LogP contribution in [0.25, 0.3) is 0 Å². The van der Waals surface area contributed by atoms with E-state index in [2.05, 4.69) is 5.32 Å². The second-order valence-electron chi connectivity index (χ2n) is 5.15. The SMILES string of the molecule is CC(C)CC(=O)N[C@H](Cc1ccccc1[N+](=O)[O-])C(=O)O. The molecule has 1 atom stereocenters. The van der Waals surface area contributed by atoms with Crippen LogP contribution in [-0.4, -0.2) is 27.9 Å². The van der Waals surface area contributed by atoms with E-state index in [1.165, 1.54) is 18.2 Å². The minimum Gasteiger partial charge on any atom is -0.480 e. The van der Waals surface area contributed by atoms with Gasteiger partial charge in [0.05, 0.1) is 4.92 Å². The van der Waals surface area contributed by atoms with E-state index in [1.807, 2.05) is 13.8 Å². The third-order valence-corrected chi connectivity index (χ3v) is 2.84. The second-order valence-corrected chi connectivity index (χ2v) is 5.15. The van der Waals surface area contributed by atoms with Gasteiger partial charge in [0.1, 0.15) is 6.04 Å². The summed E-state index contributed by atoms with van der Waals surface area (Å²) in [6, 6.07) is 4.72. The molecule has 21 heavy (non-hydrogen) atoms. The molecule has 1 rings (SSSR count). The van der Waals surface area contributed by atoms with Crippen LogP contribution in [0.5, 0.6) is 0 Å². The average molecular weight is 294 g/mol. The van der Waals surface area contributed by atoms with E-state index >= 15 is 0 Å². The minimum atomic E-state index is -1.22. The molecule has 0 saturated carbocycles. The number of amides is 1. The lowest BCUT2D eigenvalue weighted by Gasteiger charge is -2.15. The Bertz CT molecular complexity index is 542. The minimum absolute atomic E-state index is 0.102. The van der Waals surface area contributed by atoms with Crippen molar-refractivity contribution < 1.29 is 19.6 Å². The van der Waals surface area contributed by atoms with Crippen molar-refractivity contribution in [2.75, 3.05) is 0 Å². The summed E-state index contributed by atoms with van der Waals surface area (Å²) >= 11 is 0. The summed E-state index contributed by atoms with van der Waals surface area (Å²) in [5.74, 6) is -1.49. The first-order chi connectivity index (χ1) is 9.81. The summed E-state index contributed by atoms with van der Waals surface area (Å²) in [6.07, 6.45) is 0.0803. The van der Waals surface area contributed by atoms with E-state index in [-0.39, 0.29) is 35.9 Å². The number of nitrogens with one attached hydrogen (secondary N) is 1. The maximum atomic E-state index is 11.7. The lowest BCUT2D eigenvalue weighted by atomic mass is 10.0. The summed E-state index contributed by atoms with van der Waals surface area (Å²) in [6.45, 7) is 3.69. The Morgan fingerprint density at radius 3 is 2.48 bits per heavy atom. The fraction of sp³-hybridized carbons (Fsp3) is 0.429. The molecule has 0 aliphatic carbocycles. The van der Waals surface area contributed by atoms with Crippen molar-refractivity contribution in [3.05, 3.63) is 39.9 Å². The van der Waals surface area contributed by atoms with Gasteiger partial charge in [0, 0.05) is 24.5 Å². The summed E-state index contributed by atoms with van der Waals surface area (Å²) in [7, 11) is 0. The van der Waals surface area contributed by atoms with Crippen LogP contribution in [0.1, 0.15) is 25.8 Å². The van der Waals surface area contributed by atoms with Gasteiger partial charge in [0.25, 0.3) is 5.69 Å². The zero-order chi connectivity index (χ0) is 16.0. The van der Waals surface area contributed by atoms with Gasteiger partial charge in [-0.15, -0.1) is 0 Å². The Kier molecular flexibility index (Phi) is 5.83. The molecule has 0 aliphatic heterocycles. The molecule has 1 aromatic carbocycles. The molecule has 1 aromatic rings. The first-order valence-corrected chi connectivity index (χ1v) is 6.55. The fourth-order valence-corrected chi connectivity index (χ4v) is 1.91. The molecule has 0 heterocycles. The molecule has 0 aliphatic rings. The van der Waals surface area contributed by atoms with E-state index in [0.29, 0.717) is 0 Å². The van der Waals surface area contributed by atoms with Gasteiger partial charge in [-0.2, -0.15) is 0 Å². The van der Waals surface area contributed by atoms with Crippen molar-refractivity contribution in [1.82, 2.24) is 5.32 Å². The van der Waals surface area contributed by atoms with E-state index in [1.54, 1.807) is 6.07 Å². The maximum Gasteiger partial charge on any atom is 0.326 e. The van der Waals surface area contributed by atoms with Gasteiger partial charge in [0.15, 0.2) is 0 Å². The second kappa shape index (κ2) is 7.37. The van der Waals surface area contributed by atoms with Crippen molar-refractivity contribution in [2.24, 2.45) is 5.92 Å². The third-order valence-electron chi connectivity index (χ3n) is 2.84. The lowest BCUT2D eigenvalue weighted by Crippen LogP contribution is -2.42. The van der Waals surface area contributed by atoms with Gasteiger partial charge in [0.2, 0.25) is 5.91 Å². The number of carboxylic acids is 1. The largest absolute Gasteiger partial charge is 0.480 e. The summed E-state index contributed by atoms with van der Waals surface area (Å²) in [4.78, 5) is 33.2. The van der Waals surface area contributed by atoms with E-state index < -0.39 is 16.9 Å². The molecule has 1 amide bonds. The Morgan fingerprint density at radius 2 is 1.95 bits per heavy atom. The Labute approximate surface area is 122 Å². The van der Waals surface area contributed by atoms with E-state index in [9.17, 15) is 19.7 Å². The van der Waals surface area contributed by atoms with Crippen LogP contribution in [0, 0.1) is 16.0 Å². The number of hydrogen-bond donors (Lipinski definition) is 2. The molecule has 0 fully saturated rings. The molecule has 0 unspecified atom stereocenters. The van der Waals surface area contributed by atoms with E-state index in [0.717, 1.165) is 0 Å². The highest BCUT2D eigenvalue weighted by molar-refractivity contribution is 5.83. The van der Waals surface area contributed by atoms with Crippen molar-refractivity contribution in [1.29, 1.82) is 0 Å². The van der Waals surface area contributed by atoms with Crippen molar-refractivity contribution in [3.63, 3.8) is 0 Å². The molecule has 0 bridgehead atoms. The number of nitrogens with zero attached hydrogens (tertiary/aromatic N) is 1. The first kappa shape index (κ1) is 16.6. The highest BCUT2D eigenvalue weighted by atomic mass is 16.6. The zero-order valence-corrected chi connectivity index (χ0v) is 11.9. The molecule has 0 aromatic heterocycles. The predicted molar refractivity (Wildman–Crippen MR) is 75.8 cm³/mol. The number of hydrogen-bond acceptors (Lipinski definition) is 4.